The maximum absolute atomic E-state index is 14.2. The van der Waals surface area contributed by atoms with E-state index in [9.17, 15) is 24.0 Å². The van der Waals surface area contributed by atoms with Crippen LogP contribution in [-0.2, 0) is 16.1 Å². The first kappa shape index (κ1) is 30.6. The molecule has 1 heterocycles. The Hall–Kier alpha value is -4.98. The summed E-state index contributed by atoms with van der Waals surface area (Å²) < 4.78 is 14.2. The number of amides is 3. The fourth-order valence-corrected chi connectivity index (χ4v) is 4.09. The molecule has 0 saturated carbocycles. The fraction of sp³-hybridized carbons (Fsp3) is 0.300. The summed E-state index contributed by atoms with van der Waals surface area (Å²) in [6.45, 7) is 10.0. The number of carbonyl (C=O) groups is 3. The number of nitriles is 1. The lowest BCUT2D eigenvalue weighted by Crippen LogP contribution is -2.47. The largest absolute Gasteiger partial charge is 0.385 e. The van der Waals surface area contributed by atoms with E-state index in [0.29, 0.717) is 35.5 Å². The molecule has 41 heavy (non-hydrogen) atoms. The first-order valence-electron chi connectivity index (χ1n) is 13.2. The minimum Gasteiger partial charge on any atom is -0.385 e. The molecule has 0 saturated heterocycles. The molecular weight excluding hydrogens is 525 g/mol. The summed E-state index contributed by atoms with van der Waals surface area (Å²) in [6, 6.07) is 3.94. The van der Waals surface area contributed by atoms with Crippen LogP contribution in [-0.4, -0.2) is 41.7 Å². The van der Waals surface area contributed by atoms with Crippen LogP contribution in [0.15, 0.2) is 75.9 Å². The quantitative estimate of drug-likeness (QED) is 0.218. The molecule has 1 aliphatic carbocycles. The number of aryl methyl sites for hydroxylation is 1. The molecule has 11 heteroatoms. The van der Waals surface area contributed by atoms with Crippen LogP contribution >= 0.6 is 0 Å². The maximum atomic E-state index is 14.2. The van der Waals surface area contributed by atoms with E-state index in [1.807, 2.05) is 45.9 Å². The van der Waals surface area contributed by atoms with Crippen molar-refractivity contribution in [3.8, 4) is 6.07 Å². The number of hydrogen-bond donors (Lipinski definition) is 4. The molecule has 214 valence electrons. The second kappa shape index (κ2) is 13.9. The number of dihydropyridines is 1. The lowest BCUT2D eigenvalue weighted by Gasteiger charge is -2.27. The Morgan fingerprint density at radius 3 is 2.68 bits per heavy atom. The minimum absolute atomic E-state index is 0.0178. The maximum Gasteiger partial charge on any atom is 0.329 e. The van der Waals surface area contributed by atoms with Gasteiger partial charge in [0.1, 0.15) is 17.6 Å². The Bertz CT molecular complexity index is 1460. The van der Waals surface area contributed by atoms with Crippen molar-refractivity contribution in [2.24, 2.45) is 4.99 Å². The molecule has 1 unspecified atom stereocenters. The third-order valence-corrected chi connectivity index (χ3v) is 6.57. The molecule has 0 bridgehead atoms. The zero-order valence-electron chi connectivity index (χ0n) is 23.8. The SMILES string of the molecule is C/C=C1/C=C(N=C(NC=O)NC(=O)N(Cc2cc(C#N)c(F)cc2C)C2=CNCC(C)=C2)C(=O)C=C1NC(C)CC. The van der Waals surface area contributed by atoms with Crippen LogP contribution < -0.4 is 21.3 Å². The smallest absolute Gasteiger partial charge is 0.329 e. The summed E-state index contributed by atoms with van der Waals surface area (Å²) in [6.07, 6.45) is 9.51. The van der Waals surface area contributed by atoms with E-state index < -0.39 is 17.6 Å². The number of halogens is 1. The van der Waals surface area contributed by atoms with E-state index >= 15 is 0 Å². The van der Waals surface area contributed by atoms with Gasteiger partial charge in [0.15, 0.2) is 0 Å². The van der Waals surface area contributed by atoms with E-state index in [1.54, 1.807) is 19.2 Å². The van der Waals surface area contributed by atoms with Crippen LogP contribution in [0.25, 0.3) is 0 Å². The highest BCUT2D eigenvalue weighted by molar-refractivity contribution is 6.10. The predicted octanol–water partition coefficient (Wildman–Crippen LogP) is 3.70. The second-order valence-electron chi connectivity index (χ2n) is 9.70. The van der Waals surface area contributed by atoms with Gasteiger partial charge in [-0.15, -0.1) is 0 Å². The number of nitrogens with zero attached hydrogens (tertiary/aromatic N) is 3. The summed E-state index contributed by atoms with van der Waals surface area (Å²) >= 11 is 0. The van der Waals surface area contributed by atoms with Crippen molar-refractivity contribution in [2.75, 3.05) is 6.54 Å². The summed E-state index contributed by atoms with van der Waals surface area (Å²) in [4.78, 5) is 43.6. The zero-order chi connectivity index (χ0) is 30.1. The van der Waals surface area contributed by atoms with Crippen molar-refractivity contribution in [1.82, 2.24) is 26.2 Å². The normalized spacial score (nSPS) is 16.8. The summed E-state index contributed by atoms with van der Waals surface area (Å²) in [5.41, 5.74) is 3.83. The van der Waals surface area contributed by atoms with Crippen LogP contribution in [0.5, 0.6) is 0 Å². The molecule has 1 aromatic rings. The molecule has 2 aliphatic rings. The first-order chi connectivity index (χ1) is 19.6. The Kier molecular flexibility index (Phi) is 10.4. The first-order valence-corrected chi connectivity index (χ1v) is 13.2. The van der Waals surface area contributed by atoms with Gasteiger partial charge in [-0.1, -0.05) is 18.6 Å². The molecule has 0 radical (unpaired) electrons. The van der Waals surface area contributed by atoms with Crippen LogP contribution in [0, 0.1) is 24.1 Å². The van der Waals surface area contributed by atoms with Gasteiger partial charge in [0.05, 0.1) is 17.8 Å². The molecule has 4 N–H and O–H groups in total. The van der Waals surface area contributed by atoms with Gasteiger partial charge in [-0.25, -0.2) is 14.2 Å². The minimum atomic E-state index is -0.677. The molecule has 0 spiro atoms. The molecule has 0 aromatic heterocycles. The fourth-order valence-electron chi connectivity index (χ4n) is 4.09. The van der Waals surface area contributed by atoms with Crippen LogP contribution in [0.3, 0.4) is 0 Å². The Balaban J connectivity index is 1.95. The lowest BCUT2D eigenvalue weighted by atomic mass is 10.0. The van der Waals surface area contributed by atoms with Crippen molar-refractivity contribution >= 4 is 24.2 Å². The summed E-state index contributed by atoms with van der Waals surface area (Å²) in [5, 5.41) is 20.6. The highest BCUT2D eigenvalue weighted by atomic mass is 19.1. The average Bonchev–Trinajstić information content (AvgIpc) is 2.93. The highest BCUT2D eigenvalue weighted by Crippen LogP contribution is 2.22. The number of benzene rings is 1. The van der Waals surface area contributed by atoms with Crippen LogP contribution in [0.4, 0.5) is 9.18 Å². The molecule has 1 atom stereocenters. The van der Waals surface area contributed by atoms with Gasteiger partial charge in [-0.05, 0) is 75.1 Å². The van der Waals surface area contributed by atoms with Gasteiger partial charge in [0, 0.05) is 30.6 Å². The summed E-state index contributed by atoms with van der Waals surface area (Å²) in [7, 11) is 0. The molecule has 10 nitrogen and oxygen atoms in total. The van der Waals surface area contributed by atoms with Gasteiger partial charge in [0.2, 0.25) is 18.2 Å². The van der Waals surface area contributed by atoms with E-state index in [-0.39, 0.29) is 29.8 Å². The molecule has 3 rings (SSSR count). The number of nitrogens with one attached hydrogen (secondary N) is 4. The lowest BCUT2D eigenvalue weighted by molar-refractivity contribution is -0.111. The van der Waals surface area contributed by atoms with Crippen LogP contribution in [0.2, 0.25) is 0 Å². The highest BCUT2D eigenvalue weighted by Gasteiger charge is 2.24. The van der Waals surface area contributed by atoms with Crippen molar-refractivity contribution in [3.63, 3.8) is 0 Å². The van der Waals surface area contributed by atoms with Gasteiger partial charge in [-0.2, -0.15) is 5.26 Å². The molecular formula is C30H34FN7O3. The predicted molar refractivity (Wildman–Crippen MR) is 154 cm³/mol. The summed E-state index contributed by atoms with van der Waals surface area (Å²) in [5.74, 6) is -1.30. The van der Waals surface area contributed by atoms with E-state index in [1.165, 1.54) is 23.1 Å². The standard InChI is InChI=1S/C30H34FN7O3/c1-6-20(5)35-26-12-28(40)27(11-21(26)7-2)36-29(34-17-39)37-30(41)38(24-8-18(3)14-33-15-24)16-23-10-22(13-32)25(31)9-19(23)4/h7-12,15,17,20,33,35H,6,14,16H2,1-5H3,(H2,34,36,37,39,41)/b21-7-. The number of guanidine groups is 1. The molecule has 1 aliphatic heterocycles. The number of carbonyl (C=O) groups excluding carboxylic acids is 3. The van der Waals surface area contributed by atoms with Gasteiger partial charge >= 0.3 is 6.03 Å². The van der Waals surface area contributed by atoms with Crippen molar-refractivity contribution < 1.29 is 18.8 Å². The third-order valence-electron chi connectivity index (χ3n) is 6.57. The van der Waals surface area contributed by atoms with Crippen LogP contribution in [0.1, 0.15) is 50.8 Å². The molecule has 3 amide bonds. The van der Waals surface area contributed by atoms with Crippen molar-refractivity contribution in [1.29, 1.82) is 5.26 Å². The number of ketones is 1. The monoisotopic (exact) mass is 559 g/mol. The zero-order valence-corrected chi connectivity index (χ0v) is 23.8. The number of rotatable bonds is 8. The Labute approximate surface area is 239 Å². The Morgan fingerprint density at radius 2 is 2.05 bits per heavy atom. The molecule has 1 aromatic carbocycles. The van der Waals surface area contributed by atoms with E-state index in [4.69, 9.17) is 0 Å². The van der Waals surface area contributed by atoms with E-state index in [2.05, 4.69) is 26.3 Å². The van der Waals surface area contributed by atoms with Crippen molar-refractivity contribution in [2.45, 2.75) is 53.6 Å². The van der Waals surface area contributed by atoms with Gasteiger partial charge in [-0.3, -0.25) is 25.1 Å². The van der Waals surface area contributed by atoms with Gasteiger partial charge in [0.25, 0.3) is 0 Å². The number of urea groups is 1. The third kappa shape index (κ3) is 7.79. The number of aliphatic imine (C=N–C) groups is 1. The second-order valence-corrected chi connectivity index (χ2v) is 9.70. The van der Waals surface area contributed by atoms with E-state index in [0.717, 1.165) is 17.6 Å². The van der Waals surface area contributed by atoms with Crippen molar-refractivity contribution in [3.05, 3.63) is 93.4 Å². The number of allylic oxidation sites excluding steroid dienone is 4. The number of hydrogen-bond acceptors (Lipinski definition) is 7. The van der Waals surface area contributed by atoms with Gasteiger partial charge < -0.3 is 10.6 Å². The Morgan fingerprint density at radius 1 is 1.29 bits per heavy atom. The topological polar surface area (TPSA) is 139 Å². The molecule has 0 fully saturated rings. The average molecular weight is 560 g/mol.